The van der Waals surface area contributed by atoms with E-state index >= 15 is 0 Å². The topological polar surface area (TPSA) is 38.9 Å². The second-order valence-corrected chi connectivity index (χ2v) is 4.71. The van der Waals surface area contributed by atoms with Crippen molar-refractivity contribution in [2.75, 3.05) is 0 Å². The Morgan fingerprint density at radius 3 is 3.07 bits per heavy atom. The summed E-state index contributed by atoms with van der Waals surface area (Å²) in [7, 11) is 0. The molecule has 1 aromatic heterocycles. The molecule has 82 valence electrons. The zero-order valence-corrected chi connectivity index (χ0v) is 9.04. The van der Waals surface area contributed by atoms with Gasteiger partial charge in [-0.3, -0.25) is 4.98 Å². The van der Waals surface area contributed by atoms with Gasteiger partial charge in [-0.1, -0.05) is 19.8 Å². The quantitative estimate of drug-likeness (QED) is 0.770. The summed E-state index contributed by atoms with van der Waals surface area (Å²) in [4.78, 5) is 3.76. The van der Waals surface area contributed by atoms with Crippen LogP contribution in [0.1, 0.15) is 38.2 Å². The van der Waals surface area contributed by atoms with Crippen molar-refractivity contribution in [3.05, 3.63) is 29.8 Å². The molecule has 0 bridgehead atoms. The Morgan fingerprint density at radius 2 is 2.40 bits per heavy atom. The summed E-state index contributed by atoms with van der Waals surface area (Å²) in [6, 6.07) is 1.72. The smallest absolute Gasteiger partial charge is 0.146 e. The van der Waals surface area contributed by atoms with Gasteiger partial charge in [0.2, 0.25) is 0 Å². The molecule has 1 saturated carbocycles. The first-order valence-corrected chi connectivity index (χ1v) is 5.51. The summed E-state index contributed by atoms with van der Waals surface area (Å²) in [5.41, 5.74) is 6.45. The van der Waals surface area contributed by atoms with Gasteiger partial charge in [0.15, 0.2) is 0 Å². The van der Waals surface area contributed by atoms with Crippen molar-refractivity contribution in [1.82, 2.24) is 4.98 Å². The minimum Gasteiger partial charge on any atom is -0.321 e. The molecule has 1 aliphatic rings. The summed E-state index contributed by atoms with van der Waals surface area (Å²) in [5.74, 6) is 0.311. The van der Waals surface area contributed by atoms with E-state index in [-0.39, 0.29) is 5.82 Å². The number of pyridine rings is 1. The lowest BCUT2D eigenvalue weighted by Gasteiger charge is -2.37. The fraction of sp³-hybridized carbons (Fsp3) is 0.583. The standard InChI is InChI=1S/C12H17FN2/c1-9-3-2-5-12(14,7-9)10-4-6-15-8-11(10)13/h4,6,8-9H,2-3,5,7,14H2,1H3. The maximum Gasteiger partial charge on any atom is 0.146 e. The van der Waals surface area contributed by atoms with E-state index in [0.717, 1.165) is 19.3 Å². The molecule has 15 heavy (non-hydrogen) atoms. The van der Waals surface area contributed by atoms with Crippen molar-refractivity contribution in [1.29, 1.82) is 0 Å². The molecular weight excluding hydrogens is 191 g/mol. The average molecular weight is 208 g/mol. The third-order valence-corrected chi connectivity index (χ3v) is 3.34. The van der Waals surface area contributed by atoms with Crippen LogP contribution in [0.25, 0.3) is 0 Å². The molecule has 1 heterocycles. The summed E-state index contributed by atoms with van der Waals surface area (Å²) >= 11 is 0. The SMILES string of the molecule is CC1CCCC(N)(c2ccncc2F)C1. The molecule has 0 radical (unpaired) electrons. The highest BCUT2D eigenvalue weighted by molar-refractivity contribution is 5.23. The summed E-state index contributed by atoms with van der Waals surface area (Å²) in [6.07, 6.45) is 6.90. The highest BCUT2D eigenvalue weighted by Crippen LogP contribution is 2.38. The Bertz CT molecular complexity index is 353. The molecule has 2 nitrogen and oxygen atoms in total. The highest BCUT2D eigenvalue weighted by atomic mass is 19.1. The molecule has 2 N–H and O–H groups in total. The van der Waals surface area contributed by atoms with Gasteiger partial charge < -0.3 is 5.73 Å². The Hall–Kier alpha value is -0.960. The van der Waals surface area contributed by atoms with Crippen molar-refractivity contribution >= 4 is 0 Å². The maximum absolute atomic E-state index is 13.6. The number of halogens is 1. The number of hydrogen-bond donors (Lipinski definition) is 1. The summed E-state index contributed by atoms with van der Waals surface area (Å²) < 4.78 is 13.6. The molecule has 2 rings (SSSR count). The molecule has 2 atom stereocenters. The van der Waals surface area contributed by atoms with Crippen LogP contribution >= 0.6 is 0 Å². The lowest BCUT2D eigenvalue weighted by Crippen LogP contribution is -2.41. The van der Waals surface area contributed by atoms with Gasteiger partial charge in [0.25, 0.3) is 0 Å². The lowest BCUT2D eigenvalue weighted by molar-refractivity contribution is 0.233. The van der Waals surface area contributed by atoms with Crippen LogP contribution in [0.15, 0.2) is 18.5 Å². The Balaban J connectivity index is 2.32. The van der Waals surface area contributed by atoms with E-state index < -0.39 is 5.54 Å². The number of hydrogen-bond acceptors (Lipinski definition) is 2. The van der Waals surface area contributed by atoms with Gasteiger partial charge >= 0.3 is 0 Å². The Kier molecular flexibility index (Phi) is 2.74. The molecule has 0 amide bonds. The molecular formula is C12H17FN2. The third kappa shape index (κ3) is 2.02. The zero-order valence-electron chi connectivity index (χ0n) is 9.04. The van der Waals surface area contributed by atoms with E-state index in [0.29, 0.717) is 11.5 Å². The number of rotatable bonds is 1. The van der Waals surface area contributed by atoms with E-state index in [1.54, 1.807) is 12.3 Å². The minimum absolute atomic E-state index is 0.269. The van der Waals surface area contributed by atoms with Crippen LogP contribution in [0.3, 0.4) is 0 Å². The Morgan fingerprint density at radius 1 is 1.60 bits per heavy atom. The van der Waals surface area contributed by atoms with Gasteiger partial charge in [0.1, 0.15) is 5.82 Å². The predicted molar refractivity (Wildman–Crippen MR) is 57.7 cm³/mol. The predicted octanol–water partition coefficient (Wildman–Crippen LogP) is 2.58. The summed E-state index contributed by atoms with van der Waals surface area (Å²) in [6.45, 7) is 2.18. The van der Waals surface area contributed by atoms with Gasteiger partial charge in [-0.2, -0.15) is 0 Å². The first kappa shape index (κ1) is 10.6. The fourth-order valence-corrected chi connectivity index (χ4v) is 2.62. The maximum atomic E-state index is 13.6. The molecule has 1 fully saturated rings. The van der Waals surface area contributed by atoms with Crippen LogP contribution in [0.5, 0.6) is 0 Å². The zero-order chi connectivity index (χ0) is 10.9. The lowest BCUT2D eigenvalue weighted by atomic mass is 9.73. The van der Waals surface area contributed by atoms with Gasteiger partial charge in [0, 0.05) is 17.3 Å². The van der Waals surface area contributed by atoms with Gasteiger partial charge in [-0.25, -0.2) is 4.39 Å². The van der Waals surface area contributed by atoms with Crippen molar-refractivity contribution in [2.45, 2.75) is 38.1 Å². The first-order valence-electron chi connectivity index (χ1n) is 5.51. The second kappa shape index (κ2) is 3.89. The minimum atomic E-state index is -0.481. The number of nitrogens with two attached hydrogens (primary N) is 1. The van der Waals surface area contributed by atoms with Gasteiger partial charge in [0.05, 0.1) is 6.20 Å². The van der Waals surface area contributed by atoms with Crippen LogP contribution in [0, 0.1) is 11.7 Å². The van der Waals surface area contributed by atoms with Crippen LogP contribution in [-0.4, -0.2) is 4.98 Å². The van der Waals surface area contributed by atoms with Crippen molar-refractivity contribution in [3.8, 4) is 0 Å². The largest absolute Gasteiger partial charge is 0.321 e. The molecule has 0 saturated heterocycles. The number of nitrogens with zero attached hydrogens (tertiary/aromatic N) is 1. The normalized spacial score (nSPS) is 31.5. The first-order chi connectivity index (χ1) is 7.12. The van der Waals surface area contributed by atoms with Crippen LogP contribution in [0.2, 0.25) is 0 Å². The van der Waals surface area contributed by atoms with Crippen molar-refractivity contribution in [3.63, 3.8) is 0 Å². The Labute approximate surface area is 89.7 Å². The van der Waals surface area contributed by atoms with Crippen LogP contribution in [0.4, 0.5) is 4.39 Å². The van der Waals surface area contributed by atoms with Crippen LogP contribution < -0.4 is 5.73 Å². The van der Waals surface area contributed by atoms with Crippen LogP contribution in [-0.2, 0) is 5.54 Å². The molecule has 1 aromatic rings. The van der Waals surface area contributed by atoms with E-state index in [4.69, 9.17) is 5.73 Å². The highest BCUT2D eigenvalue weighted by Gasteiger charge is 2.34. The van der Waals surface area contributed by atoms with E-state index in [1.165, 1.54) is 12.6 Å². The third-order valence-electron chi connectivity index (χ3n) is 3.34. The molecule has 0 spiro atoms. The molecule has 0 aliphatic heterocycles. The van der Waals surface area contributed by atoms with E-state index in [1.807, 2.05) is 0 Å². The van der Waals surface area contributed by atoms with Crippen molar-refractivity contribution < 1.29 is 4.39 Å². The van der Waals surface area contributed by atoms with E-state index in [9.17, 15) is 4.39 Å². The average Bonchev–Trinajstić information content (AvgIpc) is 2.17. The molecule has 1 aliphatic carbocycles. The number of aromatic nitrogens is 1. The summed E-state index contributed by atoms with van der Waals surface area (Å²) in [5, 5.41) is 0. The van der Waals surface area contributed by atoms with Crippen molar-refractivity contribution in [2.24, 2.45) is 11.7 Å². The second-order valence-electron chi connectivity index (χ2n) is 4.71. The van der Waals surface area contributed by atoms with Gasteiger partial charge in [-0.05, 0) is 24.8 Å². The molecule has 0 aromatic carbocycles. The molecule has 3 heteroatoms. The fourth-order valence-electron chi connectivity index (χ4n) is 2.62. The van der Waals surface area contributed by atoms with Gasteiger partial charge in [-0.15, -0.1) is 0 Å². The van der Waals surface area contributed by atoms with E-state index in [2.05, 4.69) is 11.9 Å². The monoisotopic (exact) mass is 208 g/mol. The molecule has 2 unspecified atom stereocenters.